The number of halogens is 1. The monoisotopic (exact) mass is 491 g/mol. The molecule has 3 aromatic carbocycles. The highest BCUT2D eigenvalue weighted by Gasteiger charge is 2.26. The van der Waals surface area contributed by atoms with E-state index in [2.05, 4.69) is 65.4 Å². The standard InChI is InChI=1S/C28H30ClN3OS/c1-3-7-27(32-16-14-31(15-17-32)24-10-6-9-23(29)19(24)2)30-28(33)20-12-13-26-22(18-20)21-8-4-5-11-25(21)34-26/h4-6,8-13,18,27H,3,7,14-17H2,1-2H3,(H,30,33). The van der Waals surface area contributed by atoms with Crippen molar-refractivity contribution in [2.24, 2.45) is 0 Å². The van der Waals surface area contributed by atoms with Gasteiger partial charge in [-0.3, -0.25) is 9.69 Å². The quantitative estimate of drug-likeness (QED) is 0.326. The van der Waals surface area contributed by atoms with Crippen molar-refractivity contribution in [3.8, 4) is 0 Å². The van der Waals surface area contributed by atoms with E-state index in [4.69, 9.17) is 11.6 Å². The van der Waals surface area contributed by atoms with E-state index in [1.807, 2.05) is 24.3 Å². The number of anilines is 1. The smallest absolute Gasteiger partial charge is 0.252 e. The minimum atomic E-state index is 0.00347. The number of rotatable bonds is 6. The fraction of sp³-hybridized carbons (Fsp3) is 0.321. The summed E-state index contributed by atoms with van der Waals surface area (Å²) in [5.74, 6) is 0.00347. The van der Waals surface area contributed by atoms with Crippen LogP contribution in [0, 0.1) is 6.92 Å². The Balaban J connectivity index is 1.30. The van der Waals surface area contributed by atoms with Crippen molar-refractivity contribution in [3.63, 3.8) is 0 Å². The number of benzene rings is 3. The first kappa shape index (κ1) is 23.2. The second-order valence-corrected chi connectivity index (χ2v) is 10.5. The zero-order valence-electron chi connectivity index (χ0n) is 19.7. The van der Waals surface area contributed by atoms with Gasteiger partial charge < -0.3 is 10.2 Å². The molecule has 1 N–H and O–H groups in total. The molecular weight excluding hydrogens is 462 g/mol. The van der Waals surface area contributed by atoms with Crippen molar-refractivity contribution in [2.75, 3.05) is 31.1 Å². The summed E-state index contributed by atoms with van der Waals surface area (Å²) in [6.45, 7) is 7.91. The van der Waals surface area contributed by atoms with Gasteiger partial charge in [-0.05, 0) is 55.3 Å². The van der Waals surface area contributed by atoms with Gasteiger partial charge in [0.2, 0.25) is 0 Å². The van der Waals surface area contributed by atoms with Gasteiger partial charge in [-0.1, -0.05) is 49.2 Å². The fourth-order valence-electron chi connectivity index (χ4n) is 4.93. The molecule has 1 saturated heterocycles. The number of amides is 1. The Hall–Kier alpha value is -2.60. The Bertz CT molecular complexity index is 1330. The third-order valence-corrected chi connectivity index (χ3v) is 8.39. The van der Waals surface area contributed by atoms with Crippen LogP contribution in [0.2, 0.25) is 5.02 Å². The Morgan fingerprint density at radius 1 is 1.00 bits per heavy atom. The van der Waals surface area contributed by atoms with Gasteiger partial charge in [0, 0.05) is 62.6 Å². The maximum atomic E-state index is 13.3. The molecule has 5 rings (SSSR count). The van der Waals surface area contributed by atoms with Gasteiger partial charge in [0.05, 0.1) is 6.17 Å². The SMILES string of the molecule is CCCC(NC(=O)c1ccc2sc3ccccc3c2c1)N1CCN(c2cccc(Cl)c2C)CC1. The van der Waals surface area contributed by atoms with Gasteiger partial charge in [-0.25, -0.2) is 0 Å². The zero-order chi connectivity index (χ0) is 23.7. The Labute approximate surface area is 210 Å². The molecule has 0 aliphatic carbocycles. The van der Waals surface area contributed by atoms with Crippen LogP contribution in [-0.4, -0.2) is 43.2 Å². The minimum absolute atomic E-state index is 0.00347. The van der Waals surface area contributed by atoms with E-state index in [0.29, 0.717) is 0 Å². The number of hydrogen-bond acceptors (Lipinski definition) is 4. The minimum Gasteiger partial charge on any atom is -0.369 e. The van der Waals surface area contributed by atoms with Crippen molar-refractivity contribution in [1.29, 1.82) is 0 Å². The predicted molar refractivity (Wildman–Crippen MR) is 145 cm³/mol. The predicted octanol–water partition coefficient (Wildman–Crippen LogP) is 6.69. The molecule has 1 aliphatic heterocycles. The third kappa shape index (κ3) is 4.52. The van der Waals surface area contributed by atoms with Crippen LogP contribution in [0.1, 0.15) is 35.7 Å². The number of fused-ring (bicyclic) bond motifs is 3. The number of piperazine rings is 1. The number of carbonyl (C=O) groups excluding carboxylic acids is 1. The van der Waals surface area contributed by atoms with Gasteiger partial charge >= 0.3 is 0 Å². The molecule has 4 aromatic rings. The van der Waals surface area contributed by atoms with Crippen LogP contribution >= 0.6 is 22.9 Å². The van der Waals surface area contributed by atoms with E-state index in [-0.39, 0.29) is 12.1 Å². The van der Waals surface area contributed by atoms with Crippen molar-refractivity contribution in [2.45, 2.75) is 32.9 Å². The summed E-state index contributed by atoms with van der Waals surface area (Å²) in [6, 6.07) is 20.6. The van der Waals surface area contributed by atoms with Crippen molar-refractivity contribution >= 4 is 54.7 Å². The van der Waals surface area contributed by atoms with Crippen LogP contribution in [0.5, 0.6) is 0 Å². The molecule has 0 bridgehead atoms. The second kappa shape index (κ2) is 9.95. The van der Waals surface area contributed by atoms with Crippen molar-refractivity contribution in [3.05, 3.63) is 76.8 Å². The number of carbonyl (C=O) groups is 1. The van der Waals surface area contributed by atoms with Crippen molar-refractivity contribution in [1.82, 2.24) is 10.2 Å². The van der Waals surface area contributed by atoms with E-state index >= 15 is 0 Å². The Morgan fingerprint density at radius 3 is 2.56 bits per heavy atom. The molecule has 1 aliphatic rings. The number of hydrogen-bond donors (Lipinski definition) is 1. The lowest BCUT2D eigenvalue weighted by molar-refractivity contribution is 0.0824. The molecule has 176 valence electrons. The van der Waals surface area contributed by atoms with Gasteiger partial charge in [0.1, 0.15) is 0 Å². The lowest BCUT2D eigenvalue weighted by Gasteiger charge is -2.41. The molecule has 1 unspecified atom stereocenters. The maximum Gasteiger partial charge on any atom is 0.252 e. The van der Waals surface area contributed by atoms with Crippen LogP contribution in [0.25, 0.3) is 20.2 Å². The summed E-state index contributed by atoms with van der Waals surface area (Å²) in [7, 11) is 0. The molecule has 1 aromatic heterocycles. The normalized spacial score (nSPS) is 15.7. The summed E-state index contributed by atoms with van der Waals surface area (Å²) in [4.78, 5) is 18.1. The summed E-state index contributed by atoms with van der Waals surface area (Å²) in [6.07, 6.45) is 1.99. The van der Waals surface area contributed by atoms with Gasteiger partial charge in [0.15, 0.2) is 0 Å². The zero-order valence-corrected chi connectivity index (χ0v) is 21.3. The van der Waals surface area contributed by atoms with Crippen molar-refractivity contribution < 1.29 is 4.79 Å². The molecule has 1 atom stereocenters. The molecule has 6 heteroatoms. The van der Waals surface area contributed by atoms with Gasteiger partial charge in [-0.15, -0.1) is 11.3 Å². The van der Waals surface area contributed by atoms with Crippen LogP contribution in [-0.2, 0) is 0 Å². The summed E-state index contributed by atoms with van der Waals surface area (Å²) in [5.41, 5.74) is 3.07. The Kier molecular flexibility index (Phi) is 6.77. The first-order valence-corrected chi connectivity index (χ1v) is 13.2. The third-order valence-electron chi connectivity index (χ3n) is 6.83. The van der Waals surface area contributed by atoms with Crippen LogP contribution < -0.4 is 10.2 Å². The van der Waals surface area contributed by atoms with E-state index < -0.39 is 0 Å². The highest BCUT2D eigenvalue weighted by molar-refractivity contribution is 7.25. The molecule has 2 heterocycles. The average Bonchev–Trinajstić information content (AvgIpc) is 3.23. The number of nitrogens with zero attached hydrogens (tertiary/aromatic N) is 2. The topological polar surface area (TPSA) is 35.6 Å². The van der Waals surface area contributed by atoms with Gasteiger partial charge in [-0.2, -0.15) is 0 Å². The second-order valence-electron chi connectivity index (χ2n) is 8.99. The van der Waals surface area contributed by atoms with Crippen LogP contribution in [0.4, 0.5) is 5.69 Å². The molecule has 0 spiro atoms. The maximum absolute atomic E-state index is 13.3. The van der Waals surface area contributed by atoms with E-state index in [1.165, 1.54) is 20.5 Å². The average molecular weight is 492 g/mol. The first-order valence-electron chi connectivity index (χ1n) is 12.0. The molecule has 0 radical (unpaired) electrons. The molecule has 4 nitrogen and oxygen atoms in total. The van der Waals surface area contributed by atoms with E-state index in [0.717, 1.165) is 60.6 Å². The van der Waals surface area contributed by atoms with Crippen LogP contribution in [0.15, 0.2) is 60.7 Å². The molecule has 1 fully saturated rings. The molecule has 34 heavy (non-hydrogen) atoms. The number of thiophene rings is 1. The summed E-state index contributed by atoms with van der Waals surface area (Å²) < 4.78 is 2.47. The van der Waals surface area contributed by atoms with Crippen LogP contribution in [0.3, 0.4) is 0 Å². The highest BCUT2D eigenvalue weighted by Crippen LogP contribution is 2.34. The summed E-state index contributed by atoms with van der Waals surface area (Å²) in [5, 5.41) is 6.52. The Morgan fingerprint density at radius 2 is 1.76 bits per heavy atom. The lowest BCUT2D eigenvalue weighted by Crippen LogP contribution is -2.56. The summed E-state index contributed by atoms with van der Waals surface area (Å²) >= 11 is 8.12. The highest BCUT2D eigenvalue weighted by atomic mass is 35.5. The van der Waals surface area contributed by atoms with E-state index in [9.17, 15) is 4.79 Å². The fourth-order valence-corrected chi connectivity index (χ4v) is 6.19. The molecule has 1 amide bonds. The largest absolute Gasteiger partial charge is 0.369 e. The van der Waals surface area contributed by atoms with Gasteiger partial charge in [0.25, 0.3) is 5.91 Å². The molecular formula is C28H30ClN3OS. The van der Waals surface area contributed by atoms with E-state index in [1.54, 1.807) is 11.3 Å². The lowest BCUT2D eigenvalue weighted by atomic mass is 10.1. The molecule has 0 saturated carbocycles. The number of nitrogens with one attached hydrogen (secondary N) is 1. The first-order chi connectivity index (χ1) is 16.5.